The zero-order chi connectivity index (χ0) is 24.9. The van der Waals surface area contributed by atoms with E-state index in [1.165, 1.54) is 36.5 Å². The van der Waals surface area contributed by atoms with Gasteiger partial charge in [0.15, 0.2) is 0 Å². The summed E-state index contributed by atoms with van der Waals surface area (Å²) >= 11 is 4.30. The van der Waals surface area contributed by atoms with Crippen LogP contribution in [0.25, 0.3) is 11.1 Å². The molecule has 1 aromatic heterocycles. The van der Waals surface area contributed by atoms with Crippen molar-refractivity contribution < 1.29 is 17.9 Å². The average Bonchev–Trinajstić information content (AvgIpc) is 2.84. The first-order valence-electron chi connectivity index (χ1n) is 11.8. The Balaban J connectivity index is 0.000000165. The average molecular weight is 502 g/mol. The number of aromatic nitrogens is 1. The molecule has 3 aromatic rings. The van der Waals surface area contributed by atoms with Crippen molar-refractivity contribution >= 4 is 18.4 Å². The third kappa shape index (κ3) is 6.78. The third-order valence-electron chi connectivity index (χ3n) is 6.41. The van der Waals surface area contributed by atoms with Crippen LogP contribution in [0.1, 0.15) is 43.2 Å². The molecule has 1 aliphatic carbocycles. The first kappa shape index (κ1) is 25.5. The van der Waals surface area contributed by atoms with Gasteiger partial charge in [-0.3, -0.25) is 0 Å². The standard InChI is InChI=1S/C15H15NOS.C12H15F3N2/c16-15(9-17-10-15)13-3-1-2-12(8-13)11-4-6-14(18)7-5-11;13-12(14,15)9-6-7-11(16-8-9)17-10-4-2-1-3-5-10/h1-8,18H,9-10,16H2;6-8,10H,1-5H2,(H,16,17). The van der Waals surface area contributed by atoms with Gasteiger partial charge in [-0.15, -0.1) is 12.6 Å². The fraction of sp³-hybridized carbons (Fsp3) is 0.370. The van der Waals surface area contributed by atoms with Crippen LogP contribution in [0.3, 0.4) is 0 Å². The predicted octanol–water partition coefficient (Wildman–Crippen LogP) is 6.67. The lowest BCUT2D eigenvalue weighted by atomic mass is 9.87. The molecule has 0 bridgehead atoms. The summed E-state index contributed by atoms with van der Waals surface area (Å²) in [6.07, 6.45) is 2.32. The first-order valence-corrected chi connectivity index (χ1v) is 12.2. The van der Waals surface area contributed by atoms with E-state index in [1.54, 1.807) is 0 Å². The Morgan fingerprint density at radius 3 is 2.23 bits per heavy atom. The Labute approximate surface area is 209 Å². The molecule has 0 atom stereocenters. The number of nitrogens with one attached hydrogen (secondary N) is 1. The highest BCUT2D eigenvalue weighted by atomic mass is 32.1. The van der Waals surface area contributed by atoms with Crippen molar-refractivity contribution in [2.24, 2.45) is 5.73 Å². The summed E-state index contributed by atoms with van der Waals surface area (Å²) in [7, 11) is 0. The van der Waals surface area contributed by atoms with Crippen molar-refractivity contribution in [3.63, 3.8) is 0 Å². The number of pyridine rings is 1. The van der Waals surface area contributed by atoms with Crippen LogP contribution in [0.2, 0.25) is 0 Å². The van der Waals surface area contributed by atoms with Gasteiger partial charge in [0, 0.05) is 17.1 Å². The quantitative estimate of drug-likeness (QED) is 0.350. The maximum atomic E-state index is 12.3. The molecule has 2 heterocycles. The highest BCUT2D eigenvalue weighted by molar-refractivity contribution is 7.80. The van der Waals surface area contributed by atoms with Crippen molar-refractivity contribution in [2.45, 2.75) is 54.8 Å². The summed E-state index contributed by atoms with van der Waals surface area (Å²) in [5.74, 6) is 0.532. The summed E-state index contributed by atoms with van der Waals surface area (Å²) in [5.41, 5.74) is 8.75. The van der Waals surface area contributed by atoms with Crippen molar-refractivity contribution in [1.29, 1.82) is 0 Å². The largest absolute Gasteiger partial charge is 0.417 e. The molecule has 2 fully saturated rings. The van der Waals surface area contributed by atoms with Gasteiger partial charge < -0.3 is 15.8 Å². The van der Waals surface area contributed by atoms with Gasteiger partial charge in [-0.1, -0.05) is 49.6 Å². The number of nitrogens with zero attached hydrogens (tertiary/aromatic N) is 1. The van der Waals surface area contributed by atoms with Crippen LogP contribution in [0, 0.1) is 0 Å². The Kier molecular flexibility index (Phi) is 8.04. The maximum Gasteiger partial charge on any atom is 0.417 e. The number of anilines is 1. The van der Waals surface area contributed by atoms with Crippen LogP contribution in [0.5, 0.6) is 0 Å². The molecule has 1 saturated carbocycles. The molecule has 5 rings (SSSR count). The fourth-order valence-electron chi connectivity index (χ4n) is 4.25. The topological polar surface area (TPSA) is 60.2 Å². The zero-order valence-corrected chi connectivity index (χ0v) is 20.3. The predicted molar refractivity (Wildman–Crippen MR) is 136 cm³/mol. The second kappa shape index (κ2) is 11.0. The van der Waals surface area contributed by atoms with Crippen LogP contribution >= 0.6 is 12.6 Å². The molecular weight excluding hydrogens is 471 g/mol. The lowest BCUT2D eigenvalue weighted by molar-refractivity contribution is -0.137. The summed E-state index contributed by atoms with van der Waals surface area (Å²) in [4.78, 5) is 4.78. The third-order valence-corrected chi connectivity index (χ3v) is 6.70. The molecule has 8 heteroatoms. The monoisotopic (exact) mass is 501 g/mol. The van der Waals surface area contributed by atoms with Gasteiger partial charge in [0.1, 0.15) is 5.82 Å². The van der Waals surface area contributed by atoms with E-state index in [0.29, 0.717) is 25.1 Å². The molecule has 0 amide bonds. The summed E-state index contributed by atoms with van der Waals surface area (Å²) in [6, 6.07) is 19.3. The Morgan fingerprint density at radius 1 is 0.943 bits per heavy atom. The number of alkyl halides is 3. The molecule has 0 radical (unpaired) electrons. The van der Waals surface area contributed by atoms with E-state index >= 15 is 0 Å². The minimum Gasteiger partial charge on any atom is -0.377 e. The number of hydrogen-bond acceptors (Lipinski definition) is 5. The summed E-state index contributed by atoms with van der Waals surface area (Å²) < 4.78 is 42.2. The van der Waals surface area contributed by atoms with Gasteiger partial charge in [-0.05, 0) is 59.9 Å². The molecule has 0 spiro atoms. The molecule has 1 aliphatic heterocycles. The molecule has 2 aromatic carbocycles. The zero-order valence-electron chi connectivity index (χ0n) is 19.4. The Morgan fingerprint density at radius 2 is 1.66 bits per heavy atom. The van der Waals surface area contributed by atoms with E-state index in [2.05, 4.69) is 53.3 Å². The molecular formula is C27H30F3N3OS. The second-order valence-electron chi connectivity index (χ2n) is 9.19. The lowest BCUT2D eigenvalue weighted by Crippen LogP contribution is -2.54. The summed E-state index contributed by atoms with van der Waals surface area (Å²) in [5, 5.41) is 3.18. The number of ether oxygens (including phenoxy) is 1. The van der Waals surface area contributed by atoms with Gasteiger partial charge in [-0.25, -0.2) is 4.98 Å². The number of benzene rings is 2. The van der Waals surface area contributed by atoms with Gasteiger partial charge >= 0.3 is 6.18 Å². The highest BCUT2D eigenvalue weighted by Gasteiger charge is 2.36. The van der Waals surface area contributed by atoms with Crippen molar-refractivity contribution in [1.82, 2.24) is 4.98 Å². The number of halogens is 3. The Hall–Kier alpha value is -2.55. The number of nitrogens with two attached hydrogens (primary N) is 1. The number of hydrogen-bond donors (Lipinski definition) is 3. The van der Waals surface area contributed by atoms with Crippen LogP contribution in [-0.4, -0.2) is 24.2 Å². The van der Waals surface area contributed by atoms with E-state index in [4.69, 9.17) is 10.5 Å². The molecule has 4 nitrogen and oxygen atoms in total. The number of thiol groups is 1. The Bertz CT molecular complexity index is 1090. The van der Waals surface area contributed by atoms with Crippen LogP contribution in [-0.2, 0) is 16.5 Å². The highest BCUT2D eigenvalue weighted by Crippen LogP contribution is 2.31. The second-order valence-corrected chi connectivity index (χ2v) is 9.70. The van der Waals surface area contributed by atoms with E-state index in [1.807, 2.05) is 18.2 Å². The fourth-order valence-corrected chi connectivity index (χ4v) is 4.40. The SMILES string of the molecule is FC(F)(F)c1ccc(NC2CCCCC2)nc1.NC1(c2cccc(-c3ccc(S)cc3)c2)COC1. The lowest BCUT2D eigenvalue weighted by Gasteiger charge is -2.38. The van der Waals surface area contributed by atoms with E-state index in [-0.39, 0.29) is 5.54 Å². The van der Waals surface area contributed by atoms with E-state index in [9.17, 15) is 13.2 Å². The van der Waals surface area contributed by atoms with Crippen LogP contribution in [0.4, 0.5) is 19.0 Å². The van der Waals surface area contributed by atoms with Crippen molar-refractivity contribution in [2.75, 3.05) is 18.5 Å². The summed E-state index contributed by atoms with van der Waals surface area (Å²) in [6.45, 7) is 1.21. The molecule has 186 valence electrons. The van der Waals surface area contributed by atoms with Gasteiger partial charge in [0.25, 0.3) is 0 Å². The van der Waals surface area contributed by atoms with Gasteiger partial charge in [0.05, 0.1) is 24.3 Å². The number of rotatable bonds is 4. The van der Waals surface area contributed by atoms with E-state index < -0.39 is 11.7 Å². The van der Waals surface area contributed by atoms with E-state index in [0.717, 1.165) is 35.6 Å². The molecule has 2 aliphatic rings. The normalized spacial score (nSPS) is 17.6. The van der Waals surface area contributed by atoms with Gasteiger partial charge in [-0.2, -0.15) is 13.2 Å². The minimum atomic E-state index is -4.31. The molecule has 1 saturated heterocycles. The van der Waals surface area contributed by atoms with Gasteiger partial charge in [0.2, 0.25) is 0 Å². The minimum absolute atomic E-state index is 0.306. The van der Waals surface area contributed by atoms with Crippen LogP contribution in [0.15, 0.2) is 71.8 Å². The van der Waals surface area contributed by atoms with Crippen molar-refractivity contribution in [3.8, 4) is 11.1 Å². The molecule has 3 N–H and O–H groups in total. The smallest absolute Gasteiger partial charge is 0.377 e. The molecule has 35 heavy (non-hydrogen) atoms. The van der Waals surface area contributed by atoms with Crippen molar-refractivity contribution in [3.05, 3.63) is 78.0 Å². The maximum absolute atomic E-state index is 12.3. The first-order chi connectivity index (χ1) is 16.7. The molecule has 0 unspecified atom stereocenters. The van der Waals surface area contributed by atoms with Crippen LogP contribution < -0.4 is 11.1 Å².